The minimum Gasteiger partial charge on any atom is -0.467 e. The zero-order valence-corrected chi connectivity index (χ0v) is 11.7. The molecule has 2 N–H and O–H groups in total. The van der Waals surface area contributed by atoms with Crippen LogP contribution in [-0.4, -0.2) is 18.6 Å². The molecule has 0 radical (unpaired) electrons. The molecule has 2 amide bonds. The van der Waals surface area contributed by atoms with Gasteiger partial charge in [0, 0.05) is 0 Å². The van der Waals surface area contributed by atoms with Gasteiger partial charge in [0.05, 0.1) is 25.0 Å². The third kappa shape index (κ3) is 3.61. The number of esters is 1. The summed E-state index contributed by atoms with van der Waals surface area (Å²) in [5.41, 5.74) is 0.352. The first kappa shape index (κ1) is 14.1. The maximum absolute atomic E-state index is 11.7. The molecule has 0 aromatic carbocycles. The highest BCUT2D eigenvalue weighted by molar-refractivity contribution is 7.14. The van der Waals surface area contributed by atoms with E-state index < -0.39 is 12.0 Å². The summed E-state index contributed by atoms with van der Waals surface area (Å²) in [5, 5.41) is 7.43. The second-order valence-electron chi connectivity index (χ2n) is 3.77. The Morgan fingerprint density at radius 3 is 2.95 bits per heavy atom. The zero-order chi connectivity index (χ0) is 14.4. The molecule has 0 unspecified atom stereocenters. The van der Waals surface area contributed by atoms with Crippen molar-refractivity contribution < 1.29 is 18.7 Å². The quantitative estimate of drug-likeness (QED) is 0.831. The molecule has 0 spiro atoms. The van der Waals surface area contributed by atoms with Crippen LogP contribution in [0.2, 0.25) is 0 Å². The van der Waals surface area contributed by atoms with Crippen molar-refractivity contribution in [1.29, 1.82) is 0 Å². The number of furan rings is 1. The number of rotatable bonds is 5. The van der Waals surface area contributed by atoms with Gasteiger partial charge in [-0.05, 0) is 30.5 Å². The maximum Gasteiger partial charge on any atom is 0.341 e. The molecular formula is C13H14N2O4S. The first-order valence-electron chi connectivity index (χ1n) is 6.02. The highest BCUT2D eigenvalue weighted by atomic mass is 32.1. The van der Waals surface area contributed by atoms with E-state index in [9.17, 15) is 9.59 Å². The molecule has 0 saturated heterocycles. The Morgan fingerprint density at radius 1 is 1.40 bits per heavy atom. The summed E-state index contributed by atoms with van der Waals surface area (Å²) in [6.07, 6.45) is 1.53. The SMILES string of the molecule is CCOC(=O)c1ccsc1NC(=O)NCc1ccco1. The van der Waals surface area contributed by atoms with E-state index in [1.165, 1.54) is 17.6 Å². The number of thiophene rings is 1. The zero-order valence-electron chi connectivity index (χ0n) is 10.8. The number of anilines is 1. The van der Waals surface area contributed by atoms with Gasteiger partial charge in [-0.15, -0.1) is 11.3 Å². The number of carbonyl (C=O) groups is 2. The van der Waals surface area contributed by atoms with E-state index in [1.54, 1.807) is 30.5 Å². The van der Waals surface area contributed by atoms with E-state index in [0.29, 0.717) is 22.9 Å². The molecular weight excluding hydrogens is 280 g/mol. The van der Waals surface area contributed by atoms with Gasteiger partial charge >= 0.3 is 12.0 Å². The van der Waals surface area contributed by atoms with E-state index in [-0.39, 0.29) is 6.54 Å². The second kappa shape index (κ2) is 6.76. The van der Waals surface area contributed by atoms with Gasteiger partial charge in [-0.25, -0.2) is 9.59 Å². The molecule has 2 heterocycles. The fourth-order valence-electron chi connectivity index (χ4n) is 1.50. The van der Waals surface area contributed by atoms with Crippen molar-refractivity contribution in [2.75, 3.05) is 11.9 Å². The molecule has 0 bridgehead atoms. The normalized spacial score (nSPS) is 10.1. The van der Waals surface area contributed by atoms with Crippen LogP contribution in [0.3, 0.4) is 0 Å². The number of hydrogen-bond acceptors (Lipinski definition) is 5. The molecule has 6 nitrogen and oxygen atoms in total. The highest BCUT2D eigenvalue weighted by Gasteiger charge is 2.15. The molecule has 0 aliphatic rings. The average molecular weight is 294 g/mol. The van der Waals surface area contributed by atoms with Crippen LogP contribution in [0.1, 0.15) is 23.0 Å². The van der Waals surface area contributed by atoms with Crippen molar-refractivity contribution in [3.05, 3.63) is 41.2 Å². The Morgan fingerprint density at radius 2 is 2.25 bits per heavy atom. The Labute approximate surface area is 119 Å². The summed E-state index contributed by atoms with van der Waals surface area (Å²) in [6.45, 7) is 2.30. The minimum absolute atomic E-state index is 0.277. The molecule has 2 aromatic heterocycles. The van der Waals surface area contributed by atoms with Crippen LogP contribution in [0.5, 0.6) is 0 Å². The molecule has 7 heteroatoms. The number of carbonyl (C=O) groups excluding carboxylic acids is 2. The Hall–Kier alpha value is -2.28. The second-order valence-corrected chi connectivity index (χ2v) is 4.69. The van der Waals surface area contributed by atoms with E-state index >= 15 is 0 Å². The van der Waals surface area contributed by atoms with Gasteiger partial charge in [0.1, 0.15) is 10.8 Å². The number of hydrogen-bond donors (Lipinski definition) is 2. The van der Waals surface area contributed by atoms with Crippen LogP contribution >= 0.6 is 11.3 Å². The lowest BCUT2D eigenvalue weighted by atomic mass is 10.3. The molecule has 20 heavy (non-hydrogen) atoms. The monoisotopic (exact) mass is 294 g/mol. The number of nitrogens with one attached hydrogen (secondary N) is 2. The Bertz CT molecular complexity index is 577. The van der Waals surface area contributed by atoms with E-state index in [2.05, 4.69) is 10.6 Å². The van der Waals surface area contributed by atoms with Crippen molar-refractivity contribution in [2.45, 2.75) is 13.5 Å². The predicted molar refractivity (Wildman–Crippen MR) is 74.8 cm³/mol. The van der Waals surface area contributed by atoms with Gasteiger partial charge in [-0.3, -0.25) is 5.32 Å². The van der Waals surface area contributed by atoms with Gasteiger partial charge in [0.25, 0.3) is 0 Å². The first-order valence-corrected chi connectivity index (χ1v) is 6.90. The summed E-state index contributed by atoms with van der Waals surface area (Å²) in [7, 11) is 0. The largest absolute Gasteiger partial charge is 0.467 e. The van der Waals surface area contributed by atoms with Gasteiger partial charge in [0.15, 0.2) is 0 Å². The topological polar surface area (TPSA) is 80.6 Å². The van der Waals surface area contributed by atoms with Gasteiger partial charge in [-0.1, -0.05) is 0 Å². The van der Waals surface area contributed by atoms with Crippen LogP contribution in [0, 0.1) is 0 Å². The third-order valence-corrected chi connectivity index (χ3v) is 3.22. The van der Waals surface area contributed by atoms with Crippen LogP contribution < -0.4 is 10.6 Å². The van der Waals surface area contributed by atoms with Crippen LogP contribution in [0.15, 0.2) is 34.3 Å². The number of urea groups is 1. The van der Waals surface area contributed by atoms with E-state index in [1.807, 2.05) is 0 Å². The lowest BCUT2D eigenvalue weighted by molar-refractivity contribution is 0.0528. The smallest absolute Gasteiger partial charge is 0.341 e. The minimum atomic E-state index is -0.449. The van der Waals surface area contributed by atoms with Crippen LogP contribution in [0.25, 0.3) is 0 Å². The molecule has 0 atom stereocenters. The molecule has 2 aromatic rings. The first-order chi connectivity index (χ1) is 9.70. The fraction of sp³-hybridized carbons (Fsp3) is 0.231. The average Bonchev–Trinajstić information content (AvgIpc) is 3.07. The standard InChI is InChI=1S/C13H14N2O4S/c1-2-18-12(16)10-5-7-20-11(10)15-13(17)14-8-9-4-3-6-19-9/h3-7H,2,8H2,1H3,(H2,14,15,17). The highest BCUT2D eigenvalue weighted by Crippen LogP contribution is 2.23. The molecule has 0 aliphatic carbocycles. The summed E-state index contributed by atoms with van der Waals surface area (Å²) in [4.78, 5) is 23.4. The van der Waals surface area contributed by atoms with Crippen LogP contribution in [0.4, 0.5) is 9.80 Å². The van der Waals surface area contributed by atoms with E-state index in [4.69, 9.17) is 9.15 Å². The molecule has 0 aliphatic heterocycles. The van der Waals surface area contributed by atoms with Crippen LogP contribution in [-0.2, 0) is 11.3 Å². The van der Waals surface area contributed by atoms with Crippen molar-refractivity contribution in [3.63, 3.8) is 0 Å². The number of ether oxygens (including phenoxy) is 1. The summed E-state index contributed by atoms with van der Waals surface area (Å²) >= 11 is 1.26. The fourth-order valence-corrected chi connectivity index (χ4v) is 2.27. The van der Waals surface area contributed by atoms with Gasteiger partial charge in [0.2, 0.25) is 0 Å². The van der Waals surface area contributed by atoms with Gasteiger partial charge < -0.3 is 14.5 Å². The maximum atomic E-state index is 11.7. The third-order valence-electron chi connectivity index (χ3n) is 2.39. The molecule has 106 valence electrons. The molecule has 0 saturated carbocycles. The van der Waals surface area contributed by atoms with E-state index in [0.717, 1.165) is 0 Å². The molecule has 2 rings (SSSR count). The van der Waals surface area contributed by atoms with Gasteiger partial charge in [-0.2, -0.15) is 0 Å². The summed E-state index contributed by atoms with van der Waals surface area (Å²) in [5.74, 6) is 0.201. The Kier molecular flexibility index (Phi) is 4.78. The number of amides is 2. The predicted octanol–water partition coefficient (Wildman–Crippen LogP) is 2.84. The van der Waals surface area contributed by atoms with Crippen molar-refractivity contribution >= 4 is 28.3 Å². The lowest BCUT2D eigenvalue weighted by Crippen LogP contribution is -2.28. The molecule has 0 fully saturated rings. The Balaban J connectivity index is 1.91. The summed E-state index contributed by atoms with van der Waals surface area (Å²) < 4.78 is 10.0. The lowest BCUT2D eigenvalue weighted by Gasteiger charge is -2.07. The van der Waals surface area contributed by atoms with Crippen molar-refractivity contribution in [3.8, 4) is 0 Å². The van der Waals surface area contributed by atoms with Crippen molar-refractivity contribution in [1.82, 2.24) is 5.32 Å². The summed E-state index contributed by atoms with van der Waals surface area (Å²) in [6, 6.07) is 4.71. The van der Waals surface area contributed by atoms with Crippen molar-refractivity contribution in [2.24, 2.45) is 0 Å².